The lowest BCUT2D eigenvalue weighted by Crippen LogP contribution is -2.22. The Morgan fingerprint density at radius 1 is 0.686 bits per heavy atom. The Morgan fingerprint density at radius 2 is 1.20 bits per heavy atom. The first-order valence-electron chi connectivity index (χ1n) is 11.0. The molecule has 5 rings (SSSR count). The molecule has 0 bridgehead atoms. The zero-order valence-corrected chi connectivity index (χ0v) is 18.6. The molecule has 0 amide bonds. The maximum Gasteiger partial charge on any atom is 0.269 e. The van der Waals surface area contributed by atoms with E-state index in [2.05, 4.69) is 4.90 Å². The number of nitro groups is 2. The third-order valence-electron chi connectivity index (χ3n) is 6.28. The molecule has 0 fully saturated rings. The Labute approximate surface area is 201 Å². The molecule has 1 atom stereocenters. The summed E-state index contributed by atoms with van der Waals surface area (Å²) in [6.45, 7) is 0.910. The lowest BCUT2D eigenvalue weighted by atomic mass is 10.0. The number of non-ortho nitro benzene ring substituents is 2. The molecule has 8 nitrogen and oxygen atoms in total. The second-order valence-electron chi connectivity index (χ2n) is 8.46. The summed E-state index contributed by atoms with van der Waals surface area (Å²) in [4.78, 5) is 23.3. The van der Waals surface area contributed by atoms with Crippen LogP contribution in [0.4, 0.5) is 17.1 Å². The van der Waals surface area contributed by atoms with Crippen LogP contribution in [-0.2, 0) is 13.1 Å². The molecule has 0 aromatic heterocycles. The number of aliphatic hydroxyl groups excluding tert-OH is 1. The highest BCUT2D eigenvalue weighted by Crippen LogP contribution is 2.44. The van der Waals surface area contributed by atoms with E-state index < -0.39 is 16.0 Å². The topological polar surface area (TPSA) is 110 Å². The molecule has 1 aliphatic carbocycles. The average Bonchev–Trinajstić information content (AvgIpc) is 3.16. The lowest BCUT2D eigenvalue weighted by molar-refractivity contribution is -0.385. The van der Waals surface area contributed by atoms with Crippen molar-refractivity contribution in [1.29, 1.82) is 0 Å². The smallest absolute Gasteiger partial charge is 0.269 e. The van der Waals surface area contributed by atoms with Crippen molar-refractivity contribution >= 4 is 17.1 Å². The van der Waals surface area contributed by atoms with Gasteiger partial charge in [-0.05, 0) is 45.5 Å². The van der Waals surface area contributed by atoms with Crippen LogP contribution >= 0.6 is 0 Å². The van der Waals surface area contributed by atoms with Crippen LogP contribution < -0.4 is 4.90 Å². The van der Waals surface area contributed by atoms with E-state index in [4.69, 9.17) is 0 Å². The Hall–Kier alpha value is -4.56. The normalized spacial score (nSPS) is 13.7. The SMILES string of the molecule is O=[N+]([O-])c1ccc(CN(Cc2ccc([N+](=O)[O-])cc2)c2ccc3c(c2)C(O)c2ccccc2-3)cc1. The Kier molecular flexibility index (Phi) is 5.72. The van der Waals surface area contributed by atoms with Gasteiger partial charge in [-0.2, -0.15) is 0 Å². The van der Waals surface area contributed by atoms with E-state index in [1.54, 1.807) is 24.3 Å². The van der Waals surface area contributed by atoms with Crippen LogP contribution in [0.15, 0.2) is 91.0 Å². The quantitative estimate of drug-likeness (QED) is 0.273. The monoisotopic (exact) mass is 467 g/mol. The molecule has 4 aromatic rings. The van der Waals surface area contributed by atoms with E-state index in [-0.39, 0.29) is 11.4 Å². The van der Waals surface area contributed by atoms with Gasteiger partial charge in [0.1, 0.15) is 6.10 Å². The van der Waals surface area contributed by atoms with Crippen LogP contribution in [0.5, 0.6) is 0 Å². The minimum Gasteiger partial charge on any atom is -0.384 e. The molecular weight excluding hydrogens is 446 g/mol. The summed E-state index contributed by atoms with van der Waals surface area (Å²) in [5, 5.41) is 33.0. The summed E-state index contributed by atoms with van der Waals surface area (Å²) in [7, 11) is 0. The number of fused-ring (bicyclic) bond motifs is 3. The number of hydrogen-bond donors (Lipinski definition) is 1. The molecule has 0 aliphatic heterocycles. The summed E-state index contributed by atoms with van der Waals surface area (Å²) < 4.78 is 0. The number of aliphatic hydroxyl groups is 1. The van der Waals surface area contributed by atoms with E-state index in [1.807, 2.05) is 42.5 Å². The van der Waals surface area contributed by atoms with Gasteiger partial charge in [0, 0.05) is 43.0 Å². The molecule has 35 heavy (non-hydrogen) atoms. The first-order valence-corrected chi connectivity index (χ1v) is 11.0. The number of hydrogen-bond acceptors (Lipinski definition) is 6. The fourth-order valence-corrected chi connectivity index (χ4v) is 4.49. The third-order valence-corrected chi connectivity index (χ3v) is 6.28. The van der Waals surface area contributed by atoms with Crippen molar-refractivity contribution in [2.24, 2.45) is 0 Å². The number of anilines is 1. The maximum absolute atomic E-state index is 11.0. The second kappa shape index (κ2) is 9.00. The van der Waals surface area contributed by atoms with Crippen molar-refractivity contribution in [3.63, 3.8) is 0 Å². The first-order chi connectivity index (χ1) is 16.9. The van der Waals surface area contributed by atoms with Gasteiger partial charge < -0.3 is 10.0 Å². The molecular formula is C27H21N3O5. The zero-order valence-electron chi connectivity index (χ0n) is 18.6. The van der Waals surface area contributed by atoms with E-state index in [0.717, 1.165) is 39.1 Å². The van der Waals surface area contributed by atoms with Crippen molar-refractivity contribution in [2.45, 2.75) is 19.2 Å². The van der Waals surface area contributed by atoms with Gasteiger partial charge >= 0.3 is 0 Å². The molecule has 1 unspecified atom stereocenters. The van der Waals surface area contributed by atoms with Crippen molar-refractivity contribution in [3.8, 4) is 11.1 Å². The molecule has 0 radical (unpaired) electrons. The van der Waals surface area contributed by atoms with Crippen LogP contribution in [0.25, 0.3) is 11.1 Å². The predicted molar refractivity (Wildman–Crippen MR) is 132 cm³/mol. The fourth-order valence-electron chi connectivity index (χ4n) is 4.49. The standard InChI is InChI=1S/C27H21N3O5/c31-27-25-4-2-1-3-23(25)24-14-13-22(15-26(24)27)28(16-18-5-9-20(10-6-18)29(32)33)17-19-7-11-21(12-8-19)30(34)35/h1-15,27,31H,16-17H2. The predicted octanol–water partition coefficient (Wildman–Crippen LogP) is 5.77. The first kappa shape index (κ1) is 22.2. The van der Waals surface area contributed by atoms with Crippen LogP contribution in [0.2, 0.25) is 0 Å². The molecule has 4 aromatic carbocycles. The highest BCUT2D eigenvalue weighted by molar-refractivity contribution is 5.80. The molecule has 0 heterocycles. The highest BCUT2D eigenvalue weighted by atomic mass is 16.6. The molecule has 8 heteroatoms. The van der Waals surface area contributed by atoms with Crippen molar-refractivity contribution in [2.75, 3.05) is 4.90 Å². The van der Waals surface area contributed by atoms with Crippen molar-refractivity contribution < 1.29 is 15.0 Å². The lowest BCUT2D eigenvalue weighted by Gasteiger charge is -2.26. The number of nitro benzene ring substituents is 2. The zero-order chi connectivity index (χ0) is 24.5. The van der Waals surface area contributed by atoms with E-state index >= 15 is 0 Å². The fraction of sp³-hybridized carbons (Fsp3) is 0.111. The average molecular weight is 467 g/mol. The summed E-state index contributed by atoms with van der Waals surface area (Å²) in [5.41, 5.74) is 6.36. The van der Waals surface area contributed by atoms with Gasteiger partial charge in [0.25, 0.3) is 11.4 Å². The highest BCUT2D eigenvalue weighted by Gasteiger charge is 2.27. The molecule has 174 valence electrons. The molecule has 1 N–H and O–H groups in total. The Bertz CT molecular complexity index is 1360. The molecule has 0 saturated heterocycles. The van der Waals surface area contributed by atoms with E-state index in [0.29, 0.717) is 13.1 Å². The van der Waals surface area contributed by atoms with Gasteiger partial charge in [-0.15, -0.1) is 0 Å². The van der Waals surface area contributed by atoms with Crippen LogP contribution in [0.1, 0.15) is 28.4 Å². The van der Waals surface area contributed by atoms with Crippen LogP contribution in [0.3, 0.4) is 0 Å². The van der Waals surface area contributed by atoms with Gasteiger partial charge in [0.05, 0.1) is 9.85 Å². The van der Waals surface area contributed by atoms with Gasteiger partial charge in [-0.1, -0.05) is 54.6 Å². The van der Waals surface area contributed by atoms with Crippen molar-refractivity contribution in [3.05, 3.63) is 133 Å². The van der Waals surface area contributed by atoms with Crippen LogP contribution in [-0.4, -0.2) is 15.0 Å². The maximum atomic E-state index is 11.0. The number of rotatable bonds is 7. The number of nitrogens with zero attached hydrogens (tertiary/aromatic N) is 3. The molecule has 0 saturated carbocycles. The Balaban J connectivity index is 1.49. The summed E-state index contributed by atoms with van der Waals surface area (Å²) in [5.74, 6) is 0. The van der Waals surface area contributed by atoms with Crippen molar-refractivity contribution in [1.82, 2.24) is 0 Å². The summed E-state index contributed by atoms with van der Waals surface area (Å²) in [6, 6.07) is 26.5. The summed E-state index contributed by atoms with van der Waals surface area (Å²) in [6.07, 6.45) is -0.721. The van der Waals surface area contributed by atoms with E-state index in [9.17, 15) is 25.3 Å². The van der Waals surface area contributed by atoms with E-state index in [1.165, 1.54) is 24.3 Å². The van der Waals surface area contributed by atoms with Gasteiger partial charge in [-0.25, -0.2) is 0 Å². The van der Waals surface area contributed by atoms with Gasteiger partial charge in [0.2, 0.25) is 0 Å². The number of benzene rings is 4. The Morgan fingerprint density at radius 3 is 1.74 bits per heavy atom. The van der Waals surface area contributed by atoms with Gasteiger partial charge in [-0.3, -0.25) is 20.2 Å². The minimum absolute atomic E-state index is 0.0223. The minimum atomic E-state index is -0.721. The summed E-state index contributed by atoms with van der Waals surface area (Å²) >= 11 is 0. The largest absolute Gasteiger partial charge is 0.384 e. The van der Waals surface area contributed by atoms with Crippen LogP contribution in [0, 0.1) is 20.2 Å². The third kappa shape index (κ3) is 4.34. The second-order valence-corrected chi connectivity index (χ2v) is 8.46. The van der Waals surface area contributed by atoms with Gasteiger partial charge in [0.15, 0.2) is 0 Å². The molecule has 0 spiro atoms. The molecule has 1 aliphatic rings.